The Morgan fingerprint density at radius 2 is 2.00 bits per heavy atom. The van der Waals surface area contributed by atoms with E-state index in [2.05, 4.69) is 5.32 Å². The fourth-order valence-corrected chi connectivity index (χ4v) is 2.78. The van der Waals surface area contributed by atoms with Crippen LogP contribution in [0.25, 0.3) is 16.9 Å². The molecule has 3 rings (SSSR count). The normalized spacial score (nSPS) is 14.2. The Labute approximate surface area is 142 Å². The highest BCUT2D eigenvalue weighted by molar-refractivity contribution is 5.87. The van der Waals surface area contributed by atoms with Crippen molar-refractivity contribution in [2.45, 2.75) is 19.5 Å². The highest BCUT2D eigenvalue weighted by atomic mass is 19.4. The van der Waals surface area contributed by atoms with Gasteiger partial charge in [-0.15, -0.1) is 0 Å². The summed E-state index contributed by atoms with van der Waals surface area (Å²) in [5.74, 6) is 0.273. The molecule has 7 heteroatoms. The SMILES string of the molecule is CNc1oc(C2=CCC=CO2)c(O)c1-c1cccc(C(F)(F)F)c1C. The molecule has 0 radical (unpaired) electrons. The first kappa shape index (κ1) is 17.0. The Kier molecular flexibility index (Phi) is 4.24. The number of allylic oxidation sites excluding steroid dienone is 2. The summed E-state index contributed by atoms with van der Waals surface area (Å²) in [4.78, 5) is 0. The monoisotopic (exact) mass is 351 g/mol. The number of ether oxygens (including phenoxy) is 1. The zero-order valence-corrected chi connectivity index (χ0v) is 13.6. The van der Waals surface area contributed by atoms with Crippen molar-refractivity contribution >= 4 is 11.6 Å². The van der Waals surface area contributed by atoms with Gasteiger partial charge in [0.2, 0.25) is 11.6 Å². The van der Waals surface area contributed by atoms with Crippen molar-refractivity contribution in [1.82, 2.24) is 0 Å². The summed E-state index contributed by atoms with van der Waals surface area (Å²) in [6, 6.07) is 3.82. The van der Waals surface area contributed by atoms with E-state index in [-0.39, 0.29) is 34.1 Å². The van der Waals surface area contributed by atoms with Crippen molar-refractivity contribution in [3.8, 4) is 16.9 Å². The Balaban J connectivity index is 2.18. The van der Waals surface area contributed by atoms with Crippen LogP contribution in [0.1, 0.15) is 23.3 Å². The number of halogens is 3. The van der Waals surface area contributed by atoms with Crippen LogP contribution in [0.5, 0.6) is 5.75 Å². The second kappa shape index (κ2) is 6.23. The van der Waals surface area contributed by atoms with E-state index in [1.54, 1.807) is 19.2 Å². The quantitative estimate of drug-likeness (QED) is 0.788. The van der Waals surface area contributed by atoms with Crippen molar-refractivity contribution < 1.29 is 27.4 Å². The minimum atomic E-state index is -4.48. The number of rotatable bonds is 3. The summed E-state index contributed by atoms with van der Waals surface area (Å²) < 4.78 is 50.5. The van der Waals surface area contributed by atoms with E-state index in [9.17, 15) is 18.3 Å². The summed E-state index contributed by atoms with van der Waals surface area (Å²) in [6.45, 7) is 1.36. The lowest BCUT2D eigenvalue weighted by molar-refractivity contribution is -0.138. The minimum absolute atomic E-state index is 0.00703. The van der Waals surface area contributed by atoms with Gasteiger partial charge in [-0.2, -0.15) is 13.2 Å². The molecule has 2 heterocycles. The highest BCUT2D eigenvalue weighted by Crippen LogP contribution is 2.47. The molecular weight excluding hydrogens is 335 g/mol. The number of hydrogen-bond donors (Lipinski definition) is 2. The van der Waals surface area contributed by atoms with E-state index in [0.29, 0.717) is 12.2 Å². The van der Waals surface area contributed by atoms with Gasteiger partial charge in [-0.05, 0) is 42.7 Å². The van der Waals surface area contributed by atoms with Gasteiger partial charge >= 0.3 is 6.18 Å². The van der Waals surface area contributed by atoms with Crippen LogP contribution in [-0.4, -0.2) is 12.2 Å². The summed E-state index contributed by atoms with van der Waals surface area (Å²) in [5.41, 5.74) is -0.350. The third-order valence-electron chi connectivity index (χ3n) is 3.97. The van der Waals surface area contributed by atoms with Gasteiger partial charge in [0, 0.05) is 7.05 Å². The molecule has 0 bridgehead atoms. The van der Waals surface area contributed by atoms with Gasteiger partial charge in [-0.25, -0.2) is 0 Å². The van der Waals surface area contributed by atoms with Gasteiger partial charge in [-0.1, -0.05) is 12.1 Å². The molecule has 1 aliphatic heterocycles. The predicted molar refractivity (Wildman–Crippen MR) is 87.9 cm³/mol. The van der Waals surface area contributed by atoms with Crippen LogP contribution < -0.4 is 5.32 Å². The summed E-state index contributed by atoms with van der Waals surface area (Å²) >= 11 is 0. The number of nitrogens with one attached hydrogen (secondary N) is 1. The molecule has 1 aliphatic rings. The molecule has 0 fully saturated rings. The van der Waals surface area contributed by atoms with Crippen LogP contribution in [0.15, 0.2) is 41.0 Å². The average Bonchev–Trinajstić information content (AvgIpc) is 2.91. The zero-order valence-electron chi connectivity index (χ0n) is 13.6. The van der Waals surface area contributed by atoms with Crippen molar-refractivity contribution in [1.29, 1.82) is 0 Å². The van der Waals surface area contributed by atoms with E-state index in [1.165, 1.54) is 25.3 Å². The fraction of sp³-hybridized carbons (Fsp3) is 0.222. The molecule has 0 amide bonds. The van der Waals surface area contributed by atoms with Crippen molar-refractivity contribution in [3.63, 3.8) is 0 Å². The number of anilines is 1. The second-order valence-corrected chi connectivity index (χ2v) is 5.50. The largest absolute Gasteiger partial charge is 0.504 e. The van der Waals surface area contributed by atoms with Crippen LogP contribution in [0.4, 0.5) is 19.1 Å². The number of benzene rings is 1. The lowest BCUT2D eigenvalue weighted by Crippen LogP contribution is -2.08. The second-order valence-electron chi connectivity index (χ2n) is 5.50. The zero-order chi connectivity index (χ0) is 18.2. The summed E-state index contributed by atoms with van der Waals surface area (Å²) in [6.07, 6.45) is 1.07. The molecule has 1 aromatic carbocycles. The van der Waals surface area contributed by atoms with Crippen molar-refractivity contribution in [3.05, 3.63) is 53.5 Å². The third-order valence-corrected chi connectivity index (χ3v) is 3.97. The van der Waals surface area contributed by atoms with Crippen molar-refractivity contribution in [2.75, 3.05) is 12.4 Å². The lowest BCUT2D eigenvalue weighted by Gasteiger charge is -2.14. The molecule has 25 heavy (non-hydrogen) atoms. The molecular formula is C18H16F3NO3. The molecule has 0 saturated carbocycles. The first-order valence-electron chi connectivity index (χ1n) is 7.57. The van der Waals surface area contributed by atoms with Gasteiger partial charge < -0.3 is 19.6 Å². The van der Waals surface area contributed by atoms with E-state index in [1.807, 2.05) is 0 Å². The molecule has 0 spiro atoms. The minimum Gasteiger partial charge on any atom is -0.504 e. The summed E-state index contributed by atoms with van der Waals surface area (Å²) in [7, 11) is 1.56. The topological polar surface area (TPSA) is 54.6 Å². The van der Waals surface area contributed by atoms with Crippen LogP contribution in [0.3, 0.4) is 0 Å². The fourth-order valence-electron chi connectivity index (χ4n) is 2.78. The van der Waals surface area contributed by atoms with E-state index < -0.39 is 11.7 Å². The Hall–Kier alpha value is -2.83. The standard InChI is InChI=1S/C18H16F3NO3/c1-10-11(6-5-7-12(10)18(19,20)21)14-15(23)16(25-17(14)22-2)13-8-3-4-9-24-13/h4-9,22-23H,3H2,1-2H3. The van der Waals surface area contributed by atoms with Crippen LogP contribution >= 0.6 is 0 Å². The van der Waals surface area contributed by atoms with Crippen LogP contribution in [0.2, 0.25) is 0 Å². The lowest BCUT2D eigenvalue weighted by atomic mass is 9.96. The number of alkyl halides is 3. The summed E-state index contributed by atoms with van der Waals surface area (Å²) in [5, 5.41) is 13.4. The highest BCUT2D eigenvalue weighted by Gasteiger charge is 2.34. The molecule has 132 valence electrons. The number of aromatic hydroxyl groups is 1. The van der Waals surface area contributed by atoms with Gasteiger partial charge in [0.15, 0.2) is 11.5 Å². The van der Waals surface area contributed by atoms with Gasteiger partial charge in [0.25, 0.3) is 0 Å². The average molecular weight is 351 g/mol. The predicted octanol–water partition coefficient (Wildman–Crippen LogP) is 5.30. The number of hydrogen-bond acceptors (Lipinski definition) is 4. The van der Waals surface area contributed by atoms with Crippen LogP contribution in [-0.2, 0) is 10.9 Å². The van der Waals surface area contributed by atoms with Crippen LogP contribution in [0, 0.1) is 6.92 Å². The molecule has 4 nitrogen and oxygen atoms in total. The maximum Gasteiger partial charge on any atom is 0.416 e. The van der Waals surface area contributed by atoms with E-state index in [0.717, 1.165) is 6.07 Å². The van der Waals surface area contributed by atoms with Gasteiger partial charge in [-0.3, -0.25) is 0 Å². The Bertz CT molecular complexity index is 863. The maximum atomic E-state index is 13.2. The van der Waals surface area contributed by atoms with E-state index in [4.69, 9.17) is 9.15 Å². The van der Waals surface area contributed by atoms with Crippen molar-refractivity contribution in [2.24, 2.45) is 0 Å². The van der Waals surface area contributed by atoms with E-state index >= 15 is 0 Å². The first-order valence-corrected chi connectivity index (χ1v) is 7.57. The molecule has 2 aromatic rings. The molecule has 0 unspecified atom stereocenters. The molecule has 1 aromatic heterocycles. The first-order chi connectivity index (χ1) is 11.8. The molecule has 2 N–H and O–H groups in total. The van der Waals surface area contributed by atoms with Gasteiger partial charge in [0.05, 0.1) is 17.4 Å². The Morgan fingerprint density at radius 1 is 1.24 bits per heavy atom. The maximum absolute atomic E-state index is 13.2. The third kappa shape index (κ3) is 2.97. The number of furan rings is 1. The Morgan fingerprint density at radius 3 is 2.60 bits per heavy atom. The van der Waals surface area contributed by atoms with Gasteiger partial charge in [0.1, 0.15) is 0 Å². The molecule has 0 saturated heterocycles. The smallest absolute Gasteiger partial charge is 0.416 e. The molecule has 0 atom stereocenters. The molecule has 0 aliphatic carbocycles.